The van der Waals surface area contributed by atoms with Gasteiger partial charge in [0.2, 0.25) is 0 Å². The standard InChI is InChI=1S/C10H3F15O2/c11-4(12,2-1-3(26)27)5(13,14)6(15,16)7(17,18)8(19,20)9(21,22)10(23,24)25/h1-2H,(H,26,27)/p-1/b2-1+. The van der Waals surface area contributed by atoms with Crippen LogP contribution in [0.3, 0.4) is 0 Å². The first-order valence-electron chi connectivity index (χ1n) is 5.65. The number of rotatable bonds is 7. The molecule has 0 rings (SSSR count). The van der Waals surface area contributed by atoms with Crippen molar-refractivity contribution in [2.24, 2.45) is 0 Å². The van der Waals surface area contributed by atoms with Gasteiger partial charge in [-0.25, -0.2) is 0 Å². The lowest BCUT2D eigenvalue weighted by atomic mass is 9.91. The van der Waals surface area contributed by atoms with Crippen LogP contribution in [0.1, 0.15) is 0 Å². The molecule has 0 amide bonds. The van der Waals surface area contributed by atoms with Crippen LogP contribution in [-0.2, 0) is 4.79 Å². The molecule has 0 fully saturated rings. The van der Waals surface area contributed by atoms with Gasteiger partial charge in [0.25, 0.3) is 0 Å². The third-order valence-electron chi connectivity index (χ3n) is 2.78. The molecule has 17 heteroatoms. The summed E-state index contributed by atoms with van der Waals surface area (Å²) in [6, 6.07) is 0. The number of halogens is 15. The topological polar surface area (TPSA) is 40.1 Å². The number of alkyl halides is 15. The van der Waals surface area contributed by atoms with E-state index in [-0.39, 0.29) is 0 Å². The molecule has 0 spiro atoms. The van der Waals surface area contributed by atoms with Crippen LogP contribution in [0.2, 0.25) is 0 Å². The molecule has 27 heavy (non-hydrogen) atoms. The van der Waals surface area contributed by atoms with E-state index in [1.807, 2.05) is 0 Å². The van der Waals surface area contributed by atoms with Gasteiger partial charge in [-0.1, -0.05) is 0 Å². The molecular formula is C10H2F15O2-. The zero-order valence-electron chi connectivity index (χ0n) is 11.6. The van der Waals surface area contributed by atoms with Crippen LogP contribution < -0.4 is 5.11 Å². The maximum atomic E-state index is 13.1. The summed E-state index contributed by atoms with van der Waals surface area (Å²) in [5, 5.41) is 9.76. The number of allylic oxidation sites excluding steroid dienone is 1. The second kappa shape index (κ2) is 6.35. The van der Waals surface area contributed by atoms with Crippen molar-refractivity contribution in [3.05, 3.63) is 12.2 Å². The zero-order valence-corrected chi connectivity index (χ0v) is 11.6. The largest absolute Gasteiger partial charge is 0.545 e. The van der Waals surface area contributed by atoms with E-state index in [1.54, 1.807) is 0 Å². The Morgan fingerprint density at radius 1 is 0.556 bits per heavy atom. The smallest absolute Gasteiger partial charge is 0.460 e. The highest BCUT2D eigenvalue weighted by Crippen LogP contribution is 2.62. The summed E-state index contributed by atoms with van der Waals surface area (Å²) in [5.41, 5.74) is 0. The molecule has 2 nitrogen and oxygen atoms in total. The monoisotopic (exact) mass is 439 g/mol. The SMILES string of the molecule is O=C([O-])/C=C/C(F)(F)C(F)(F)C(F)(F)C(F)(F)C(F)(F)C(F)(F)C(F)(F)F. The lowest BCUT2D eigenvalue weighted by molar-refractivity contribution is -0.449. The maximum absolute atomic E-state index is 13.1. The van der Waals surface area contributed by atoms with E-state index in [0.717, 1.165) is 0 Å². The Morgan fingerprint density at radius 3 is 1.15 bits per heavy atom. The summed E-state index contributed by atoms with van der Waals surface area (Å²) >= 11 is 0. The Bertz CT molecular complexity index is 600. The van der Waals surface area contributed by atoms with Crippen LogP contribution in [0.15, 0.2) is 12.2 Å². The first-order chi connectivity index (χ1) is 11.4. The molecule has 160 valence electrons. The zero-order chi connectivity index (χ0) is 22.5. The Balaban J connectivity index is 6.51. The van der Waals surface area contributed by atoms with Crippen molar-refractivity contribution in [1.29, 1.82) is 0 Å². The molecule has 0 atom stereocenters. The minimum absolute atomic E-state index is 1.13. The Hall–Kier alpha value is -1.84. The van der Waals surface area contributed by atoms with E-state index in [4.69, 9.17) is 0 Å². The summed E-state index contributed by atoms with van der Waals surface area (Å²) in [6.07, 6.45) is -10.6. The molecule has 0 radical (unpaired) electrons. The highest BCUT2D eigenvalue weighted by Gasteiger charge is 2.93. The first kappa shape index (κ1) is 25.2. The number of carbonyl (C=O) groups is 1. The van der Waals surface area contributed by atoms with Crippen molar-refractivity contribution in [2.75, 3.05) is 0 Å². The molecule has 0 N–H and O–H groups in total. The van der Waals surface area contributed by atoms with Crippen molar-refractivity contribution in [3.8, 4) is 0 Å². The normalized spacial score (nSPS) is 16.1. The highest BCUT2D eigenvalue weighted by molar-refractivity contribution is 5.77. The number of carboxylic acids is 1. The van der Waals surface area contributed by atoms with Gasteiger partial charge in [0.15, 0.2) is 0 Å². The average molecular weight is 439 g/mol. The number of carboxylic acid groups (broad SMARTS) is 1. The number of hydrogen-bond acceptors (Lipinski definition) is 2. The van der Waals surface area contributed by atoms with Gasteiger partial charge in [-0.15, -0.1) is 0 Å². The highest BCUT2D eigenvalue weighted by atomic mass is 19.4. The van der Waals surface area contributed by atoms with Crippen LogP contribution in [0.4, 0.5) is 65.9 Å². The van der Waals surface area contributed by atoms with E-state index >= 15 is 0 Å². The predicted octanol–water partition coefficient (Wildman–Crippen LogP) is 3.67. The van der Waals surface area contributed by atoms with E-state index in [1.165, 1.54) is 0 Å². The molecule has 0 saturated heterocycles. The summed E-state index contributed by atoms with van der Waals surface area (Å²) in [4.78, 5) is 9.76. The predicted molar refractivity (Wildman–Crippen MR) is 49.9 cm³/mol. The number of hydrogen-bond donors (Lipinski definition) is 0. The quantitative estimate of drug-likeness (QED) is 0.449. The molecule has 0 aromatic rings. The van der Waals surface area contributed by atoms with Crippen LogP contribution >= 0.6 is 0 Å². The summed E-state index contributed by atoms with van der Waals surface area (Å²) in [7, 11) is 0. The van der Waals surface area contributed by atoms with Gasteiger partial charge < -0.3 is 9.90 Å². The summed E-state index contributed by atoms with van der Waals surface area (Å²) < 4.78 is 190. The van der Waals surface area contributed by atoms with E-state index in [0.29, 0.717) is 0 Å². The number of carbonyl (C=O) groups excluding carboxylic acids is 1. The Kier molecular flexibility index (Phi) is 5.92. The molecule has 0 aromatic heterocycles. The first-order valence-corrected chi connectivity index (χ1v) is 5.65. The molecule has 0 aromatic carbocycles. The molecule has 0 aliphatic rings. The van der Waals surface area contributed by atoms with Crippen molar-refractivity contribution in [3.63, 3.8) is 0 Å². The molecule has 0 unspecified atom stereocenters. The fraction of sp³-hybridized carbons (Fsp3) is 0.700. The molecule has 0 aliphatic heterocycles. The van der Waals surface area contributed by atoms with Crippen molar-refractivity contribution < 1.29 is 75.8 Å². The van der Waals surface area contributed by atoms with Crippen LogP contribution in [0.25, 0.3) is 0 Å². The van der Waals surface area contributed by atoms with Crippen LogP contribution in [0.5, 0.6) is 0 Å². The van der Waals surface area contributed by atoms with Gasteiger partial charge in [0.1, 0.15) is 0 Å². The van der Waals surface area contributed by atoms with E-state index in [2.05, 4.69) is 0 Å². The third-order valence-corrected chi connectivity index (χ3v) is 2.78. The summed E-state index contributed by atoms with van der Waals surface area (Å²) in [6.45, 7) is 0. The minimum atomic E-state index is -8.40. The fourth-order valence-electron chi connectivity index (χ4n) is 1.26. The molecule has 0 saturated carbocycles. The van der Waals surface area contributed by atoms with E-state index < -0.39 is 59.8 Å². The minimum Gasteiger partial charge on any atom is -0.545 e. The second-order valence-electron chi connectivity index (χ2n) is 4.65. The number of aliphatic carboxylic acids is 1. The third kappa shape index (κ3) is 3.51. The van der Waals surface area contributed by atoms with E-state index in [9.17, 15) is 75.8 Å². The Labute approximate surface area is 137 Å². The van der Waals surface area contributed by atoms with Crippen LogP contribution in [0, 0.1) is 0 Å². The van der Waals surface area contributed by atoms with Crippen molar-refractivity contribution in [2.45, 2.75) is 41.7 Å². The lowest BCUT2D eigenvalue weighted by Crippen LogP contribution is -2.72. The van der Waals surface area contributed by atoms with Gasteiger partial charge in [-0.05, 0) is 12.2 Å². The molecule has 0 heterocycles. The van der Waals surface area contributed by atoms with Crippen molar-refractivity contribution >= 4 is 5.97 Å². The summed E-state index contributed by atoms with van der Waals surface area (Å²) in [5.74, 6) is -50.3. The second-order valence-corrected chi connectivity index (χ2v) is 4.65. The van der Waals surface area contributed by atoms with Gasteiger partial charge in [-0.2, -0.15) is 65.9 Å². The van der Waals surface area contributed by atoms with Gasteiger partial charge in [0.05, 0.1) is 5.97 Å². The lowest BCUT2D eigenvalue weighted by Gasteiger charge is -2.41. The maximum Gasteiger partial charge on any atom is 0.460 e. The van der Waals surface area contributed by atoms with Gasteiger partial charge in [0, 0.05) is 0 Å². The van der Waals surface area contributed by atoms with Gasteiger partial charge in [-0.3, -0.25) is 0 Å². The van der Waals surface area contributed by atoms with Gasteiger partial charge >= 0.3 is 41.7 Å². The van der Waals surface area contributed by atoms with Crippen LogP contribution in [-0.4, -0.2) is 47.7 Å². The molecular weight excluding hydrogens is 437 g/mol. The van der Waals surface area contributed by atoms with Crippen molar-refractivity contribution in [1.82, 2.24) is 0 Å². The molecule has 0 aliphatic carbocycles. The molecule has 0 bridgehead atoms. The average Bonchev–Trinajstić information content (AvgIpc) is 2.42. The fourth-order valence-corrected chi connectivity index (χ4v) is 1.26. The Morgan fingerprint density at radius 2 is 0.852 bits per heavy atom.